The van der Waals surface area contributed by atoms with Crippen molar-refractivity contribution in [2.45, 2.75) is 43.3 Å². The van der Waals surface area contributed by atoms with E-state index in [4.69, 9.17) is 4.74 Å². The Morgan fingerprint density at radius 1 is 1.03 bits per heavy atom. The van der Waals surface area contributed by atoms with Crippen LogP contribution < -0.4 is 10.1 Å². The van der Waals surface area contributed by atoms with Gasteiger partial charge in [-0.25, -0.2) is 4.79 Å². The number of hydrogen-bond donors (Lipinski definition) is 1. The highest BCUT2D eigenvalue weighted by molar-refractivity contribution is 5.86. The van der Waals surface area contributed by atoms with Gasteiger partial charge in [0, 0.05) is 25.7 Å². The number of benzene rings is 2. The highest BCUT2D eigenvalue weighted by atomic mass is 16.5. The molecule has 1 aliphatic heterocycles. The zero-order valence-electron chi connectivity index (χ0n) is 20.7. The zero-order valence-corrected chi connectivity index (χ0v) is 20.7. The molecule has 1 heterocycles. The quantitative estimate of drug-likeness (QED) is 0.682. The van der Waals surface area contributed by atoms with Gasteiger partial charge in [-0.05, 0) is 63.0 Å². The number of carbonyl (C=O) groups is 2. The van der Waals surface area contributed by atoms with E-state index in [1.807, 2.05) is 34.1 Å². The molecule has 2 aromatic rings. The first-order valence-electron chi connectivity index (χ1n) is 12.0. The Morgan fingerprint density at radius 3 is 2.24 bits per heavy atom. The van der Waals surface area contributed by atoms with Crippen LogP contribution in [0.25, 0.3) is 0 Å². The molecule has 7 heteroatoms. The Balaban J connectivity index is 1.59. The van der Waals surface area contributed by atoms with Gasteiger partial charge in [-0.1, -0.05) is 42.5 Å². The lowest BCUT2D eigenvalue weighted by Crippen LogP contribution is -2.57. The van der Waals surface area contributed by atoms with Crippen LogP contribution in [0.1, 0.15) is 36.8 Å². The van der Waals surface area contributed by atoms with E-state index in [-0.39, 0.29) is 29.6 Å². The summed E-state index contributed by atoms with van der Waals surface area (Å²) in [6.45, 7) is 1.24. The summed E-state index contributed by atoms with van der Waals surface area (Å²) in [5.41, 5.74) is 1.95. The molecule has 1 saturated carbocycles. The van der Waals surface area contributed by atoms with Gasteiger partial charge in [-0.3, -0.25) is 9.69 Å². The number of likely N-dealkylation sites (N-methyl/N-ethyl adjacent to an activating group) is 1. The summed E-state index contributed by atoms with van der Waals surface area (Å²) >= 11 is 0. The average Bonchev–Trinajstić information content (AvgIpc) is 3.10. The summed E-state index contributed by atoms with van der Waals surface area (Å²) in [5.74, 6) is 0.661. The van der Waals surface area contributed by atoms with Crippen molar-refractivity contribution in [1.29, 1.82) is 0 Å². The maximum atomic E-state index is 13.6. The van der Waals surface area contributed by atoms with Gasteiger partial charge in [-0.2, -0.15) is 0 Å². The summed E-state index contributed by atoms with van der Waals surface area (Å²) in [6, 6.07) is 18.4. The first kappa shape index (κ1) is 24.1. The second-order valence-corrected chi connectivity index (χ2v) is 9.76. The SMILES string of the molecule is CNC(=O)CN1C(=O)N(Cc2ccc(OC)cc2)C[C@]12CC[C@@](c1ccccc1)(N(C)C)CC2. The molecule has 1 saturated heterocycles. The monoisotopic (exact) mass is 464 g/mol. The fourth-order valence-electron chi connectivity index (χ4n) is 5.71. The number of carbonyl (C=O) groups excluding carboxylic acids is 2. The summed E-state index contributed by atoms with van der Waals surface area (Å²) in [6.07, 6.45) is 3.56. The van der Waals surface area contributed by atoms with Gasteiger partial charge in [0.2, 0.25) is 5.91 Å². The predicted molar refractivity (Wildman–Crippen MR) is 133 cm³/mol. The molecule has 2 aromatic carbocycles. The average molecular weight is 465 g/mol. The number of rotatable bonds is 7. The van der Waals surface area contributed by atoms with Crippen molar-refractivity contribution in [3.63, 3.8) is 0 Å². The lowest BCUT2D eigenvalue weighted by Gasteiger charge is -2.50. The Labute approximate surface area is 202 Å². The molecule has 1 aliphatic carbocycles. The number of nitrogens with one attached hydrogen (secondary N) is 1. The smallest absolute Gasteiger partial charge is 0.321 e. The van der Waals surface area contributed by atoms with Crippen molar-refractivity contribution >= 4 is 11.9 Å². The minimum atomic E-state index is -0.343. The second kappa shape index (κ2) is 9.66. The van der Waals surface area contributed by atoms with Crippen LogP contribution in [-0.4, -0.2) is 73.5 Å². The topological polar surface area (TPSA) is 65.1 Å². The lowest BCUT2D eigenvalue weighted by molar-refractivity contribution is -0.122. The van der Waals surface area contributed by atoms with Crippen LogP contribution in [0.4, 0.5) is 4.79 Å². The molecule has 4 rings (SSSR count). The molecule has 3 amide bonds. The minimum absolute atomic E-state index is 0.0588. The molecule has 34 heavy (non-hydrogen) atoms. The maximum absolute atomic E-state index is 13.6. The van der Waals surface area contributed by atoms with Crippen molar-refractivity contribution in [3.8, 4) is 5.75 Å². The van der Waals surface area contributed by atoms with Crippen LogP contribution in [0.2, 0.25) is 0 Å². The maximum Gasteiger partial charge on any atom is 0.321 e. The van der Waals surface area contributed by atoms with Gasteiger partial charge in [0.25, 0.3) is 0 Å². The highest BCUT2D eigenvalue weighted by Gasteiger charge is 2.54. The van der Waals surface area contributed by atoms with E-state index in [1.165, 1.54) is 5.56 Å². The van der Waals surface area contributed by atoms with E-state index >= 15 is 0 Å². The number of hydrogen-bond acceptors (Lipinski definition) is 4. The molecule has 1 N–H and O–H groups in total. The van der Waals surface area contributed by atoms with Crippen molar-refractivity contribution in [2.75, 3.05) is 41.3 Å². The van der Waals surface area contributed by atoms with E-state index in [2.05, 4.69) is 54.6 Å². The van der Waals surface area contributed by atoms with Gasteiger partial charge >= 0.3 is 6.03 Å². The Hall–Kier alpha value is -3.06. The van der Waals surface area contributed by atoms with Crippen LogP contribution in [0.3, 0.4) is 0 Å². The lowest BCUT2D eigenvalue weighted by atomic mass is 9.68. The van der Waals surface area contributed by atoms with Crippen molar-refractivity contribution in [1.82, 2.24) is 20.0 Å². The van der Waals surface area contributed by atoms with E-state index < -0.39 is 0 Å². The Morgan fingerprint density at radius 2 is 1.68 bits per heavy atom. The van der Waals surface area contributed by atoms with Gasteiger partial charge in [0.05, 0.1) is 12.6 Å². The molecule has 1 spiro atoms. The molecule has 0 unspecified atom stereocenters. The number of nitrogens with zero attached hydrogens (tertiary/aromatic N) is 3. The Bertz CT molecular complexity index is 998. The molecule has 182 valence electrons. The molecule has 7 nitrogen and oxygen atoms in total. The third-order valence-electron chi connectivity index (χ3n) is 7.85. The highest BCUT2D eigenvalue weighted by Crippen LogP contribution is 2.49. The van der Waals surface area contributed by atoms with Crippen LogP contribution in [0.5, 0.6) is 5.75 Å². The van der Waals surface area contributed by atoms with E-state index in [9.17, 15) is 9.59 Å². The third-order valence-corrected chi connectivity index (χ3v) is 7.85. The first-order valence-corrected chi connectivity index (χ1v) is 12.0. The zero-order chi connectivity index (χ0) is 24.3. The Kier molecular flexibility index (Phi) is 6.84. The van der Waals surface area contributed by atoms with E-state index in [1.54, 1.807) is 14.2 Å². The van der Waals surface area contributed by atoms with Gasteiger partial charge in [-0.15, -0.1) is 0 Å². The predicted octanol–water partition coefficient (Wildman–Crippen LogP) is 3.45. The van der Waals surface area contributed by atoms with Crippen molar-refractivity contribution in [3.05, 3.63) is 65.7 Å². The molecule has 0 aromatic heterocycles. The van der Waals surface area contributed by atoms with Crippen molar-refractivity contribution < 1.29 is 14.3 Å². The molecule has 2 fully saturated rings. The molecule has 0 radical (unpaired) electrons. The van der Waals surface area contributed by atoms with Gasteiger partial charge in [0.1, 0.15) is 12.3 Å². The largest absolute Gasteiger partial charge is 0.497 e. The van der Waals surface area contributed by atoms with E-state index in [0.29, 0.717) is 13.1 Å². The first-order chi connectivity index (χ1) is 16.3. The summed E-state index contributed by atoms with van der Waals surface area (Å²) < 4.78 is 5.26. The molecule has 0 bridgehead atoms. The van der Waals surface area contributed by atoms with Gasteiger partial charge in [0.15, 0.2) is 0 Å². The summed E-state index contributed by atoms with van der Waals surface area (Å²) in [4.78, 5) is 32.0. The third kappa shape index (κ3) is 4.37. The summed E-state index contributed by atoms with van der Waals surface area (Å²) in [7, 11) is 7.55. The number of urea groups is 1. The van der Waals surface area contributed by atoms with Crippen LogP contribution in [-0.2, 0) is 16.9 Å². The fourth-order valence-corrected chi connectivity index (χ4v) is 5.71. The van der Waals surface area contributed by atoms with E-state index in [0.717, 1.165) is 37.0 Å². The van der Waals surface area contributed by atoms with Crippen LogP contribution in [0.15, 0.2) is 54.6 Å². The standard InChI is InChI=1S/C27H36N4O3/c1-28-24(32)19-31-25(33)30(18-21-10-12-23(34-4)13-11-21)20-26(31)14-16-27(17-15-26,29(2)3)22-8-6-5-7-9-22/h5-13H,14-20H2,1-4H3,(H,28,32)/t26-,27-. The minimum Gasteiger partial charge on any atom is -0.497 e. The van der Waals surface area contributed by atoms with Crippen LogP contribution >= 0.6 is 0 Å². The number of amides is 3. The number of methoxy groups -OCH3 is 1. The molecular weight excluding hydrogens is 428 g/mol. The molecule has 2 aliphatic rings. The fraction of sp³-hybridized carbons (Fsp3) is 0.481. The molecule has 0 atom stereocenters. The van der Waals surface area contributed by atoms with Crippen molar-refractivity contribution in [2.24, 2.45) is 0 Å². The number of ether oxygens (including phenoxy) is 1. The molecular formula is C27H36N4O3. The second-order valence-electron chi connectivity index (χ2n) is 9.76. The van der Waals surface area contributed by atoms with Gasteiger partial charge < -0.3 is 19.9 Å². The summed E-state index contributed by atoms with van der Waals surface area (Å²) in [5, 5.41) is 2.70. The van der Waals surface area contributed by atoms with Crippen LogP contribution in [0, 0.1) is 0 Å². The normalized spacial score (nSPS) is 24.7.